The fourth-order valence-electron chi connectivity index (χ4n) is 4.16. The van der Waals surface area contributed by atoms with Crippen LogP contribution in [-0.2, 0) is 6.42 Å². The third kappa shape index (κ3) is 19.2. The summed E-state index contributed by atoms with van der Waals surface area (Å²) in [6.45, 7) is 29.1. The van der Waals surface area contributed by atoms with Gasteiger partial charge in [-0.3, -0.25) is 0 Å². The molecule has 0 spiro atoms. The normalized spacial score (nSPS) is 13.1. The number of benzene rings is 1. The molecule has 42 heavy (non-hydrogen) atoms. The number of nitrogens with one attached hydrogen (secondary N) is 2. The molecular weight excluding hydrogens is 535 g/mol. The molecule has 1 atom stereocenters. The molecule has 0 heterocycles. The van der Waals surface area contributed by atoms with E-state index in [4.69, 9.17) is 0 Å². The first-order valence-electron chi connectivity index (χ1n) is 15.5. The lowest BCUT2D eigenvalue weighted by Gasteiger charge is -2.21. The van der Waals surface area contributed by atoms with Gasteiger partial charge in [0.25, 0.3) is 0 Å². The van der Waals surface area contributed by atoms with Crippen molar-refractivity contribution in [2.75, 3.05) is 13.1 Å². The second-order valence-corrected chi connectivity index (χ2v) is 10.1. The maximum Gasteiger partial charge on any atom is 0.0814 e. The minimum atomic E-state index is 0.249. The van der Waals surface area contributed by atoms with Crippen LogP contribution in [0.25, 0.3) is 0 Å². The number of hydrogen-bond donors (Lipinski definition) is 2. The Bertz CT molecular complexity index is 1030. The summed E-state index contributed by atoms with van der Waals surface area (Å²) >= 11 is 0.249. The van der Waals surface area contributed by atoms with Crippen LogP contribution < -0.4 is 10.6 Å². The van der Waals surface area contributed by atoms with E-state index in [-0.39, 0.29) is 12.1 Å². The first kappa shape index (κ1) is 41.2. The zero-order valence-corrected chi connectivity index (χ0v) is 28.7. The highest BCUT2D eigenvalue weighted by Gasteiger charge is 2.14. The van der Waals surface area contributed by atoms with Crippen LogP contribution in [0.1, 0.15) is 85.3 Å². The maximum absolute atomic E-state index is 13.5. The number of unbranched alkanes of at least 4 members (excludes halogenated alkanes) is 1. The van der Waals surface area contributed by atoms with Gasteiger partial charge in [-0.25, -0.2) is 0 Å². The van der Waals surface area contributed by atoms with Gasteiger partial charge in [0.05, 0.1) is 12.1 Å². The average molecular weight is 595 g/mol. The second kappa shape index (κ2) is 28.2. The maximum atomic E-state index is 13.5. The standard InChI is InChI=1S/C34H47FN2S.2C2H6/c1-8-12-15-30(9-2)26-37-29(7)25-33(24-28(6)34(10-3)38-35)32(22-23-36-11-4)17-14-13-16-31-20-18-27(5)19-21-31;2*1-2/h8-12,15,18-21,24-25,32,36-37H,1,3-4,13-14,16-17,22-23,26H2,2,5-7H3;2*1-2H3/b15-12-,29-25+,30-9+,33-24+,34-28-;;. The lowest BCUT2D eigenvalue weighted by molar-refractivity contribution is 0.488. The number of hydrogen-bond acceptors (Lipinski definition) is 3. The van der Waals surface area contributed by atoms with Gasteiger partial charge >= 0.3 is 0 Å². The molecule has 4 heteroatoms. The van der Waals surface area contributed by atoms with Gasteiger partial charge in [-0.2, -0.15) is 3.89 Å². The minimum absolute atomic E-state index is 0.249. The predicted molar refractivity (Wildman–Crippen MR) is 192 cm³/mol. The molecule has 0 radical (unpaired) electrons. The van der Waals surface area contributed by atoms with Crippen molar-refractivity contribution in [1.29, 1.82) is 0 Å². The van der Waals surface area contributed by atoms with Crippen LogP contribution in [0.15, 0.2) is 120 Å². The predicted octanol–water partition coefficient (Wildman–Crippen LogP) is 11.7. The summed E-state index contributed by atoms with van der Waals surface area (Å²) in [5.74, 6) is 0.324. The summed E-state index contributed by atoms with van der Waals surface area (Å²) in [7, 11) is 0. The van der Waals surface area contributed by atoms with Crippen molar-refractivity contribution in [3.05, 3.63) is 131 Å². The molecule has 1 aromatic rings. The van der Waals surface area contributed by atoms with E-state index in [2.05, 4.69) is 92.8 Å². The van der Waals surface area contributed by atoms with E-state index in [9.17, 15) is 3.89 Å². The topological polar surface area (TPSA) is 24.1 Å². The molecule has 0 aliphatic carbocycles. The molecule has 1 rings (SSSR count). The van der Waals surface area contributed by atoms with Crippen molar-refractivity contribution in [2.45, 2.75) is 87.5 Å². The third-order valence-electron chi connectivity index (χ3n) is 6.45. The van der Waals surface area contributed by atoms with Crippen LogP contribution in [0, 0.1) is 12.8 Å². The first-order chi connectivity index (χ1) is 20.4. The SMILES string of the molecule is C=C/C=C\C(=C/C)CN/C(C)=C/C(=C\C(C)=C(\C=C)SF)C(CCCCc1ccc(C)cc1)CCNC=C.CC.CC. The van der Waals surface area contributed by atoms with Crippen LogP contribution in [0.2, 0.25) is 0 Å². The summed E-state index contributed by atoms with van der Waals surface area (Å²) in [5, 5.41) is 6.80. The number of allylic oxidation sites excluding steroid dienone is 9. The molecule has 2 N–H and O–H groups in total. The summed E-state index contributed by atoms with van der Waals surface area (Å²) < 4.78 is 13.5. The molecule has 0 bridgehead atoms. The minimum Gasteiger partial charge on any atom is -0.391 e. The monoisotopic (exact) mass is 594 g/mol. The van der Waals surface area contributed by atoms with E-state index in [1.165, 1.54) is 22.3 Å². The number of aryl methyl sites for hydroxylation is 2. The van der Waals surface area contributed by atoms with Crippen LogP contribution in [0.4, 0.5) is 3.89 Å². The van der Waals surface area contributed by atoms with Crippen molar-refractivity contribution < 1.29 is 3.89 Å². The Labute approximate surface area is 263 Å². The molecule has 0 aliphatic rings. The van der Waals surface area contributed by atoms with E-state index >= 15 is 0 Å². The fraction of sp³-hybridized carbons (Fsp3) is 0.421. The Morgan fingerprint density at radius 2 is 1.64 bits per heavy atom. The number of halogens is 1. The summed E-state index contributed by atoms with van der Waals surface area (Å²) in [6, 6.07) is 8.82. The molecule has 0 aromatic heterocycles. The van der Waals surface area contributed by atoms with E-state index in [1.807, 2.05) is 47.6 Å². The average Bonchev–Trinajstić information content (AvgIpc) is 3.01. The zero-order valence-electron chi connectivity index (χ0n) is 27.9. The highest BCUT2D eigenvalue weighted by atomic mass is 32.2. The van der Waals surface area contributed by atoms with Gasteiger partial charge in [0.1, 0.15) is 0 Å². The van der Waals surface area contributed by atoms with Gasteiger partial charge < -0.3 is 10.6 Å². The van der Waals surface area contributed by atoms with Gasteiger partial charge in [-0.05, 0) is 93.9 Å². The van der Waals surface area contributed by atoms with E-state index in [0.29, 0.717) is 10.8 Å². The fourth-order valence-corrected chi connectivity index (χ4v) is 4.40. The second-order valence-electron chi connectivity index (χ2n) is 9.49. The lowest BCUT2D eigenvalue weighted by Crippen LogP contribution is -2.17. The van der Waals surface area contributed by atoms with Crippen LogP contribution in [0.5, 0.6) is 0 Å². The molecule has 0 amide bonds. The van der Waals surface area contributed by atoms with Crippen molar-refractivity contribution in [2.24, 2.45) is 5.92 Å². The van der Waals surface area contributed by atoms with Crippen LogP contribution in [0.3, 0.4) is 0 Å². The van der Waals surface area contributed by atoms with Gasteiger partial charge in [0.15, 0.2) is 0 Å². The van der Waals surface area contributed by atoms with E-state index < -0.39 is 0 Å². The Kier molecular flexibility index (Phi) is 27.6. The molecule has 1 aromatic carbocycles. The molecule has 0 aliphatic heterocycles. The zero-order chi connectivity index (χ0) is 32.2. The van der Waals surface area contributed by atoms with Crippen LogP contribution >= 0.6 is 12.1 Å². The largest absolute Gasteiger partial charge is 0.391 e. The molecular formula is C38H59FN2S. The Hall–Kier alpha value is -2.98. The molecule has 234 valence electrons. The highest BCUT2D eigenvalue weighted by molar-refractivity contribution is 7.98. The van der Waals surface area contributed by atoms with Crippen molar-refractivity contribution >= 4 is 12.1 Å². The quantitative estimate of drug-likeness (QED) is 0.123. The van der Waals surface area contributed by atoms with Crippen molar-refractivity contribution in [3.63, 3.8) is 0 Å². The highest BCUT2D eigenvalue weighted by Crippen LogP contribution is 2.29. The van der Waals surface area contributed by atoms with E-state index in [1.54, 1.807) is 18.4 Å². The molecule has 0 saturated heterocycles. The van der Waals surface area contributed by atoms with Crippen LogP contribution in [-0.4, -0.2) is 13.1 Å². The van der Waals surface area contributed by atoms with Crippen molar-refractivity contribution in [1.82, 2.24) is 10.6 Å². The number of rotatable bonds is 19. The Morgan fingerprint density at radius 1 is 0.976 bits per heavy atom. The molecule has 1 unspecified atom stereocenters. The smallest absolute Gasteiger partial charge is 0.0814 e. The first-order valence-corrected chi connectivity index (χ1v) is 16.2. The summed E-state index contributed by atoms with van der Waals surface area (Å²) in [6.07, 6.45) is 20.9. The summed E-state index contributed by atoms with van der Waals surface area (Å²) in [4.78, 5) is 0.551. The lowest BCUT2D eigenvalue weighted by atomic mass is 9.87. The van der Waals surface area contributed by atoms with Gasteiger partial charge in [0.2, 0.25) is 0 Å². The molecule has 0 saturated carbocycles. The van der Waals surface area contributed by atoms with Gasteiger partial charge in [-0.1, -0.05) is 120 Å². The third-order valence-corrected chi connectivity index (χ3v) is 7.11. The molecule has 0 fully saturated rings. The Morgan fingerprint density at radius 3 is 2.19 bits per heavy atom. The Balaban J connectivity index is 0. The van der Waals surface area contributed by atoms with Gasteiger partial charge in [-0.15, -0.1) is 0 Å². The van der Waals surface area contributed by atoms with Crippen molar-refractivity contribution in [3.8, 4) is 0 Å². The van der Waals surface area contributed by atoms with Gasteiger partial charge in [0, 0.05) is 23.7 Å². The summed E-state index contributed by atoms with van der Waals surface area (Å²) in [5.41, 5.74) is 7.02. The van der Waals surface area contributed by atoms with E-state index in [0.717, 1.165) is 56.5 Å². The molecule has 2 nitrogen and oxygen atoms in total.